The third-order valence-corrected chi connectivity index (χ3v) is 5.41. The fourth-order valence-corrected chi connectivity index (χ4v) is 3.82. The molecule has 0 aliphatic carbocycles. The number of aromatic amines is 1. The molecule has 1 aliphatic rings. The number of thioether (sulfide) groups is 1. The van der Waals surface area contributed by atoms with Gasteiger partial charge in [0, 0.05) is 40.1 Å². The molecule has 23 heavy (non-hydrogen) atoms. The fraction of sp³-hybridized carbons (Fsp3) is 0.316. The molecule has 0 saturated carbocycles. The minimum absolute atomic E-state index is 0.579. The van der Waals surface area contributed by atoms with Gasteiger partial charge in [0.1, 0.15) is 5.82 Å². The zero-order valence-electron chi connectivity index (χ0n) is 13.5. The van der Waals surface area contributed by atoms with Crippen LogP contribution in [0.5, 0.6) is 0 Å². The Balaban J connectivity index is 1.84. The number of aromatic nitrogens is 2. The summed E-state index contributed by atoms with van der Waals surface area (Å²) >= 11 is 1.84. The second kappa shape index (κ2) is 5.93. The average Bonchev–Trinajstić information content (AvgIpc) is 2.99. The lowest BCUT2D eigenvalue weighted by Gasteiger charge is -2.40. The molecule has 118 valence electrons. The lowest BCUT2D eigenvalue weighted by atomic mass is 10.0. The number of pyridine rings is 1. The summed E-state index contributed by atoms with van der Waals surface area (Å²) in [4.78, 5) is 12.0. The molecule has 0 bridgehead atoms. The van der Waals surface area contributed by atoms with Gasteiger partial charge in [-0.25, -0.2) is 4.98 Å². The molecule has 1 fully saturated rings. The summed E-state index contributed by atoms with van der Waals surface area (Å²) in [6, 6.07) is 13.5. The maximum atomic E-state index is 4.80. The summed E-state index contributed by atoms with van der Waals surface area (Å²) in [5.74, 6) is 2.17. The van der Waals surface area contributed by atoms with Gasteiger partial charge in [-0.2, -0.15) is 0 Å². The number of hydrogen-bond donors (Lipinski definition) is 1. The summed E-state index contributed by atoms with van der Waals surface area (Å²) in [6.07, 6.45) is 3.26. The van der Waals surface area contributed by atoms with Gasteiger partial charge in [0.25, 0.3) is 0 Å². The molecular weight excluding hydrogens is 302 g/mol. The van der Waals surface area contributed by atoms with Crippen LogP contribution in [0.25, 0.3) is 22.2 Å². The van der Waals surface area contributed by atoms with Crippen molar-refractivity contribution in [1.29, 1.82) is 0 Å². The van der Waals surface area contributed by atoms with Gasteiger partial charge in [-0.1, -0.05) is 25.1 Å². The first kappa shape index (κ1) is 14.6. The monoisotopic (exact) mass is 323 g/mol. The van der Waals surface area contributed by atoms with Crippen LogP contribution in [0.1, 0.15) is 20.3 Å². The first-order valence-corrected chi connectivity index (χ1v) is 9.22. The van der Waals surface area contributed by atoms with E-state index in [1.165, 1.54) is 27.8 Å². The zero-order valence-corrected chi connectivity index (χ0v) is 14.4. The standard InChI is InChI=1S/C19H21N3S/c1-3-23-15-11-16(19(20-12-15)22-9-8-13(22)2)18-10-14-6-4-5-7-17(14)21-18/h4-7,10-13,21H,3,8-9H2,1-2H3. The second-order valence-corrected chi connectivity index (χ2v) is 7.41. The number of fused-ring (bicyclic) bond motifs is 1. The fourth-order valence-electron chi connectivity index (χ4n) is 3.16. The first-order valence-electron chi connectivity index (χ1n) is 8.24. The molecule has 2 aromatic heterocycles. The Labute approximate surface area is 141 Å². The van der Waals surface area contributed by atoms with Gasteiger partial charge in [-0.3, -0.25) is 0 Å². The van der Waals surface area contributed by atoms with Crippen LogP contribution in [-0.2, 0) is 0 Å². The first-order chi connectivity index (χ1) is 11.3. The summed E-state index contributed by atoms with van der Waals surface area (Å²) in [6.45, 7) is 5.55. The molecule has 4 heteroatoms. The molecule has 1 saturated heterocycles. The predicted molar refractivity (Wildman–Crippen MR) is 99.4 cm³/mol. The summed E-state index contributed by atoms with van der Waals surface area (Å²) in [5.41, 5.74) is 3.55. The second-order valence-electron chi connectivity index (χ2n) is 6.08. The van der Waals surface area contributed by atoms with Crippen LogP contribution in [0.15, 0.2) is 47.5 Å². The molecular formula is C19H21N3S. The van der Waals surface area contributed by atoms with Crippen LogP contribution in [0, 0.1) is 0 Å². The lowest BCUT2D eigenvalue weighted by molar-refractivity contribution is 0.476. The van der Waals surface area contributed by atoms with Crippen LogP contribution < -0.4 is 4.90 Å². The summed E-state index contributed by atoms with van der Waals surface area (Å²) < 4.78 is 0. The van der Waals surface area contributed by atoms with E-state index >= 15 is 0 Å². The van der Waals surface area contributed by atoms with E-state index in [1.54, 1.807) is 0 Å². The normalized spacial score (nSPS) is 17.5. The number of rotatable bonds is 4. The average molecular weight is 323 g/mol. The molecule has 1 aliphatic heterocycles. The smallest absolute Gasteiger partial charge is 0.138 e. The Morgan fingerprint density at radius 1 is 1.30 bits per heavy atom. The van der Waals surface area contributed by atoms with Gasteiger partial charge in [-0.05, 0) is 37.3 Å². The van der Waals surface area contributed by atoms with Crippen LogP contribution in [0.2, 0.25) is 0 Å². The van der Waals surface area contributed by atoms with Gasteiger partial charge >= 0.3 is 0 Å². The Morgan fingerprint density at radius 3 is 2.87 bits per heavy atom. The molecule has 1 aromatic carbocycles. The van der Waals surface area contributed by atoms with E-state index in [-0.39, 0.29) is 0 Å². The molecule has 3 heterocycles. The lowest BCUT2D eigenvalue weighted by Crippen LogP contribution is -2.46. The van der Waals surface area contributed by atoms with E-state index in [0.717, 1.165) is 23.8 Å². The van der Waals surface area contributed by atoms with E-state index in [4.69, 9.17) is 4.98 Å². The molecule has 3 aromatic rings. The molecule has 0 amide bonds. The summed E-state index contributed by atoms with van der Waals surface area (Å²) in [7, 11) is 0. The molecule has 1 unspecified atom stereocenters. The third-order valence-electron chi connectivity index (χ3n) is 4.56. The highest BCUT2D eigenvalue weighted by Gasteiger charge is 2.27. The van der Waals surface area contributed by atoms with Crippen molar-refractivity contribution < 1.29 is 0 Å². The van der Waals surface area contributed by atoms with Crippen molar-refractivity contribution in [1.82, 2.24) is 9.97 Å². The molecule has 3 nitrogen and oxygen atoms in total. The van der Waals surface area contributed by atoms with E-state index in [2.05, 4.69) is 60.1 Å². The highest BCUT2D eigenvalue weighted by molar-refractivity contribution is 7.99. The zero-order chi connectivity index (χ0) is 15.8. The Kier molecular flexibility index (Phi) is 3.77. The number of benzene rings is 1. The number of anilines is 1. The minimum Gasteiger partial charge on any atom is -0.354 e. The molecule has 0 radical (unpaired) electrons. The van der Waals surface area contributed by atoms with Crippen molar-refractivity contribution in [3.8, 4) is 11.3 Å². The number of H-pyrrole nitrogens is 1. The van der Waals surface area contributed by atoms with Gasteiger partial charge < -0.3 is 9.88 Å². The Morgan fingerprint density at radius 2 is 2.17 bits per heavy atom. The van der Waals surface area contributed by atoms with Crippen LogP contribution in [0.4, 0.5) is 5.82 Å². The molecule has 4 rings (SSSR count). The Bertz CT molecular complexity index is 807. The number of nitrogens with one attached hydrogen (secondary N) is 1. The van der Waals surface area contributed by atoms with Crippen molar-refractivity contribution in [2.24, 2.45) is 0 Å². The van der Waals surface area contributed by atoms with Crippen LogP contribution >= 0.6 is 11.8 Å². The summed E-state index contributed by atoms with van der Waals surface area (Å²) in [5, 5.41) is 1.25. The molecule has 1 atom stereocenters. The van der Waals surface area contributed by atoms with Gasteiger partial charge in [0.05, 0.1) is 5.69 Å². The van der Waals surface area contributed by atoms with Gasteiger partial charge in [0.15, 0.2) is 0 Å². The number of para-hydroxylation sites is 1. The van der Waals surface area contributed by atoms with E-state index in [1.807, 2.05) is 18.0 Å². The third kappa shape index (κ3) is 2.61. The van der Waals surface area contributed by atoms with E-state index in [9.17, 15) is 0 Å². The van der Waals surface area contributed by atoms with E-state index in [0.29, 0.717) is 6.04 Å². The van der Waals surface area contributed by atoms with Gasteiger partial charge in [-0.15, -0.1) is 11.8 Å². The minimum atomic E-state index is 0.579. The largest absolute Gasteiger partial charge is 0.354 e. The number of hydrogen-bond acceptors (Lipinski definition) is 3. The molecule has 0 spiro atoms. The van der Waals surface area contributed by atoms with Crippen molar-refractivity contribution >= 4 is 28.5 Å². The maximum Gasteiger partial charge on any atom is 0.138 e. The van der Waals surface area contributed by atoms with Crippen molar-refractivity contribution in [3.63, 3.8) is 0 Å². The van der Waals surface area contributed by atoms with Crippen molar-refractivity contribution in [2.75, 3.05) is 17.2 Å². The predicted octanol–water partition coefficient (Wildman–Crippen LogP) is 4.94. The Hall–Kier alpha value is -1.94. The van der Waals surface area contributed by atoms with Crippen molar-refractivity contribution in [2.45, 2.75) is 31.2 Å². The van der Waals surface area contributed by atoms with E-state index < -0.39 is 0 Å². The highest BCUT2D eigenvalue weighted by Crippen LogP contribution is 2.37. The maximum absolute atomic E-state index is 4.80. The number of nitrogens with zero attached hydrogens (tertiary/aromatic N) is 2. The molecule has 1 N–H and O–H groups in total. The SMILES string of the molecule is CCSc1cnc(N2CCC2C)c(-c2cc3ccccc3[nH]2)c1. The van der Waals surface area contributed by atoms with Gasteiger partial charge in [0.2, 0.25) is 0 Å². The van der Waals surface area contributed by atoms with Crippen LogP contribution in [-0.4, -0.2) is 28.3 Å². The quantitative estimate of drug-likeness (QED) is 0.690. The highest BCUT2D eigenvalue weighted by atomic mass is 32.2. The van der Waals surface area contributed by atoms with Crippen LogP contribution in [0.3, 0.4) is 0 Å². The topological polar surface area (TPSA) is 31.9 Å². The van der Waals surface area contributed by atoms with Crippen molar-refractivity contribution in [3.05, 3.63) is 42.6 Å².